The molecule has 1 aromatic heterocycles. The van der Waals surface area contributed by atoms with Gasteiger partial charge in [0.1, 0.15) is 17.2 Å². The monoisotopic (exact) mass is 600 g/mol. The number of hydrogen-bond acceptors (Lipinski definition) is 10. The lowest BCUT2D eigenvalue weighted by Gasteiger charge is -2.29. The van der Waals surface area contributed by atoms with Crippen LogP contribution in [0.2, 0.25) is 0 Å². The van der Waals surface area contributed by atoms with Gasteiger partial charge in [-0.3, -0.25) is 19.2 Å². The van der Waals surface area contributed by atoms with Gasteiger partial charge in [0.25, 0.3) is 0 Å². The van der Waals surface area contributed by atoms with Crippen LogP contribution < -0.4 is 21.3 Å². The number of nitrogens with zero attached hydrogens (tertiary/aromatic N) is 4. The average molecular weight is 601 g/mol. The van der Waals surface area contributed by atoms with Crippen LogP contribution in [0.1, 0.15) is 71.3 Å². The van der Waals surface area contributed by atoms with E-state index in [9.17, 15) is 24.0 Å². The quantitative estimate of drug-likeness (QED) is 0.177. The first-order valence-electron chi connectivity index (χ1n) is 14.0. The molecule has 0 radical (unpaired) electrons. The molecule has 15 nitrogen and oxygen atoms in total. The summed E-state index contributed by atoms with van der Waals surface area (Å²) in [4.78, 5) is 61.0. The third-order valence-corrected chi connectivity index (χ3v) is 6.27. The Morgan fingerprint density at radius 1 is 1.12 bits per heavy atom. The molecule has 0 saturated carbocycles. The molecule has 0 bridgehead atoms. The van der Waals surface area contributed by atoms with Crippen molar-refractivity contribution in [1.29, 1.82) is 0 Å². The van der Waals surface area contributed by atoms with Crippen molar-refractivity contribution < 1.29 is 33.4 Å². The van der Waals surface area contributed by atoms with Crippen molar-refractivity contribution in [2.75, 3.05) is 13.2 Å². The van der Waals surface area contributed by atoms with Crippen LogP contribution in [-0.2, 0) is 41.8 Å². The lowest BCUT2D eigenvalue weighted by atomic mass is 10.0. The van der Waals surface area contributed by atoms with Gasteiger partial charge < -0.3 is 30.7 Å². The Morgan fingerprint density at radius 2 is 1.84 bits per heavy atom. The minimum atomic E-state index is -1.34. The van der Waals surface area contributed by atoms with E-state index < -0.39 is 35.2 Å². The van der Waals surface area contributed by atoms with Crippen molar-refractivity contribution in [3.8, 4) is 0 Å². The van der Waals surface area contributed by atoms with Gasteiger partial charge in [-0.05, 0) is 57.0 Å². The number of aromatic nitrogens is 4. The number of ether oxygens (including phenoxy) is 2. The fourth-order valence-corrected chi connectivity index (χ4v) is 4.11. The van der Waals surface area contributed by atoms with Gasteiger partial charge in [-0.15, -0.1) is 5.10 Å². The van der Waals surface area contributed by atoms with E-state index in [-0.39, 0.29) is 50.2 Å². The van der Waals surface area contributed by atoms with Crippen LogP contribution in [0.25, 0.3) is 0 Å². The van der Waals surface area contributed by atoms with Crippen LogP contribution in [0.5, 0.6) is 0 Å². The maximum Gasteiger partial charge on any atom is 0.408 e. The molecule has 1 aromatic carbocycles. The maximum atomic E-state index is 13.3. The fraction of sp³-hybridized carbons (Fsp3) is 0.571. The zero-order valence-electron chi connectivity index (χ0n) is 25.1. The molecule has 15 heteroatoms. The summed E-state index contributed by atoms with van der Waals surface area (Å²) in [5.41, 5.74) is -1.15. The first-order valence-corrected chi connectivity index (χ1v) is 14.0. The Morgan fingerprint density at radius 3 is 2.49 bits per heavy atom. The van der Waals surface area contributed by atoms with Gasteiger partial charge in [0.2, 0.25) is 17.7 Å². The number of nitrogens with one attached hydrogen (secondary N) is 4. The van der Waals surface area contributed by atoms with Gasteiger partial charge in [-0.1, -0.05) is 30.3 Å². The van der Waals surface area contributed by atoms with Gasteiger partial charge >= 0.3 is 6.09 Å². The van der Waals surface area contributed by atoms with Crippen LogP contribution in [0.15, 0.2) is 30.3 Å². The highest BCUT2D eigenvalue weighted by Gasteiger charge is 2.35. The van der Waals surface area contributed by atoms with Crippen molar-refractivity contribution >= 4 is 29.6 Å². The Bertz CT molecular complexity index is 1290. The zero-order valence-corrected chi connectivity index (χ0v) is 25.1. The molecule has 0 spiro atoms. The van der Waals surface area contributed by atoms with Crippen molar-refractivity contribution in [2.24, 2.45) is 0 Å². The third-order valence-electron chi connectivity index (χ3n) is 6.27. The number of Topliss-reactive ketones (excluding diaryl/α,β-unsaturated/α-hetero) is 1. The van der Waals surface area contributed by atoms with E-state index in [1.54, 1.807) is 34.6 Å². The fourth-order valence-electron chi connectivity index (χ4n) is 4.11. The molecular weight excluding hydrogens is 560 g/mol. The normalized spacial score (nSPS) is 15.9. The maximum absolute atomic E-state index is 13.3. The highest BCUT2D eigenvalue weighted by Crippen LogP contribution is 2.16. The molecule has 1 fully saturated rings. The molecule has 2 aromatic rings. The predicted octanol–water partition coefficient (Wildman–Crippen LogP) is 0.705. The Labute approximate surface area is 249 Å². The lowest BCUT2D eigenvalue weighted by Crippen LogP contribution is -2.56. The molecule has 234 valence electrons. The van der Waals surface area contributed by atoms with Gasteiger partial charge in [-0.25, -0.2) is 9.48 Å². The van der Waals surface area contributed by atoms with E-state index in [1.165, 1.54) is 4.68 Å². The summed E-state index contributed by atoms with van der Waals surface area (Å²) in [6.45, 7) is 9.14. The summed E-state index contributed by atoms with van der Waals surface area (Å²) in [5.74, 6) is -1.24. The molecule has 2 unspecified atom stereocenters. The van der Waals surface area contributed by atoms with E-state index in [0.29, 0.717) is 18.8 Å². The molecule has 1 saturated heterocycles. The minimum absolute atomic E-state index is 0.0292. The molecule has 4 N–H and O–H groups in total. The predicted molar refractivity (Wildman–Crippen MR) is 152 cm³/mol. The van der Waals surface area contributed by atoms with Crippen molar-refractivity contribution in [3.05, 3.63) is 41.7 Å². The van der Waals surface area contributed by atoms with Crippen LogP contribution in [0.3, 0.4) is 0 Å². The number of tetrazole rings is 1. The highest BCUT2D eigenvalue weighted by atomic mass is 16.6. The van der Waals surface area contributed by atoms with Gasteiger partial charge in [0, 0.05) is 13.1 Å². The molecule has 1 aliphatic rings. The van der Waals surface area contributed by atoms with Crippen molar-refractivity contribution in [2.45, 2.75) is 90.3 Å². The summed E-state index contributed by atoms with van der Waals surface area (Å²) in [6, 6.07) is 7.93. The van der Waals surface area contributed by atoms with Gasteiger partial charge in [0.05, 0.1) is 32.1 Å². The Balaban J connectivity index is 1.62. The van der Waals surface area contributed by atoms with E-state index in [1.807, 2.05) is 30.3 Å². The molecule has 4 amide bonds. The summed E-state index contributed by atoms with van der Waals surface area (Å²) in [7, 11) is 0. The molecule has 1 aliphatic heterocycles. The number of amides is 4. The first kappa shape index (κ1) is 33.1. The van der Waals surface area contributed by atoms with Crippen molar-refractivity contribution in [1.82, 2.24) is 41.5 Å². The average Bonchev–Trinajstić information content (AvgIpc) is 3.50. The number of hydrogen-bond donors (Lipinski definition) is 4. The van der Waals surface area contributed by atoms with Crippen LogP contribution in [0, 0.1) is 0 Å². The highest BCUT2D eigenvalue weighted by molar-refractivity contribution is 6.08. The third kappa shape index (κ3) is 10.7. The van der Waals surface area contributed by atoms with E-state index in [2.05, 4.69) is 36.8 Å². The Kier molecular flexibility index (Phi) is 11.3. The number of carbonyl (C=O) groups excluding carboxylic acids is 5. The van der Waals surface area contributed by atoms with E-state index in [4.69, 9.17) is 9.47 Å². The van der Waals surface area contributed by atoms with Crippen LogP contribution in [-0.4, -0.2) is 80.1 Å². The molecule has 3 rings (SSSR count). The second-order valence-electron chi connectivity index (χ2n) is 11.7. The molecule has 43 heavy (non-hydrogen) atoms. The summed E-state index contributed by atoms with van der Waals surface area (Å²) in [5, 5.41) is 22.6. The summed E-state index contributed by atoms with van der Waals surface area (Å²) < 4.78 is 12.7. The zero-order chi connectivity index (χ0) is 31.6. The summed E-state index contributed by atoms with van der Waals surface area (Å²) >= 11 is 0. The SMILES string of the molecule is CC(C)(C)OC(=O)NC(C)(C)C(=O)NC(COCc1ccccc1)c1nnnn1CCCNC(=O)CC1NC(=O)CC1=O. The number of ketones is 1. The molecule has 2 heterocycles. The van der Waals surface area contributed by atoms with Crippen LogP contribution in [0.4, 0.5) is 4.79 Å². The smallest absolute Gasteiger partial charge is 0.408 e. The number of benzene rings is 1. The molecule has 0 aliphatic carbocycles. The largest absolute Gasteiger partial charge is 0.444 e. The number of rotatable bonds is 14. The second kappa shape index (κ2) is 14.7. The Hall–Kier alpha value is -4.40. The van der Waals surface area contributed by atoms with Crippen LogP contribution >= 0.6 is 0 Å². The van der Waals surface area contributed by atoms with Gasteiger partial charge in [-0.2, -0.15) is 0 Å². The number of alkyl carbamates (subject to hydrolysis) is 1. The molecule has 2 atom stereocenters. The number of aryl methyl sites for hydroxylation is 1. The molecular formula is C28H40N8O7. The second-order valence-corrected chi connectivity index (χ2v) is 11.7. The standard InChI is InChI=1S/C28H40N8O7/c1-27(2,3)43-26(41)32-28(4,5)25(40)31-20(17-42-16-18-10-7-6-8-11-18)24-33-34-35-36(24)13-9-12-29-22(38)14-19-21(37)15-23(39)30-19/h6-8,10-11,19-20H,9,12-17H2,1-5H3,(H,29,38)(H,30,39)(H,31,40)(H,32,41). The van der Waals surface area contributed by atoms with E-state index in [0.717, 1.165) is 5.56 Å². The lowest BCUT2D eigenvalue weighted by molar-refractivity contribution is -0.128. The van der Waals surface area contributed by atoms with E-state index >= 15 is 0 Å². The summed E-state index contributed by atoms with van der Waals surface area (Å²) in [6.07, 6.45) is -0.635. The first-order chi connectivity index (χ1) is 20.2. The van der Waals surface area contributed by atoms with Gasteiger partial charge in [0.15, 0.2) is 11.6 Å². The number of carbonyl (C=O) groups is 5. The minimum Gasteiger partial charge on any atom is -0.444 e. The topological polar surface area (TPSA) is 196 Å². The van der Waals surface area contributed by atoms with Crippen molar-refractivity contribution in [3.63, 3.8) is 0 Å².